The molecule has 0 amide bonds. The van der Waals surface area contributed by atoms with Gasteiger partial charge in [0.1, 0.15) is 5.84 Å². The number of nitrogens with one attached hydrogen (secondary N) is 1. The molecule has 0 fully saturated rings. The maximum Gasteiger partial charge on any atom is 0.336 e. The fraction of sp³-hybridized carbons (Fsp3) is 0.111. The van der Waals surface area contributed by atoms with Crippen LogP contribution in [0.3, 0.4) is 0 Å². The molecule has 0 bridgehead atoms. The lowest BCUT2D eigenvalue weighted by Gasteiger charge is -2.05. The Bertz CT molecular complexity index is 393. The highest BCUT2D eigenvalue weighted by molar-refractivity contribution is 5.98. The number of carboxylic acids is 1. The van der Waals surface area contributed by atoms with Crippen LogP contribution in [0.25, 0.3) is 0 Å². The van der Waals surface area contributed by atoms with E-state index in [2.05, 4.69) is 0 Å². The smallest absolute Gasteiger partial charge is 0.336 e. The number of amidine groups is 1. The zero-order valence-electron chi connectivity index (χ0n) is 7.86. The number of hydrogen-bond donors (Lipinski definition) is 4. The molecule has 0 unspecified atom stereocenters. The van der Waals surface area contributed by atoms with Gasteiger partial charge in [-0.2, -0.15) is 0 Å². The average molecular weight is 230 g/mol. The van der Waals surface area contributed by atoms with Gasteiger partial charge in [-0.15, -0.1) is 12.4 Å². The molecule has 0 atom stereocenters. The Morgan fingerprint density at radius 3 is 2.47 bits per heavy atom. The fourth-order valence-electron chi connectivity index (χ4n) is 1.12. The van der Waals surface area contributed by atoms with Crippen molar-refractivity contribution < 1.29 is 9.90 Å². The SMILES string of the molecule is Cl.N=C(N)c1ccc(CN)c(C(=O)O)c1. The number of hydrogen-bond acceptors (Lipinski definition) is 3. The van der Waals surface area contributed by atoms with Gasteiger partial charge in [-0.1, -0.05) is 12.1 Å². The summed E-state index contributed by atoms with van der Waals surface area (Å²) in [6.07, 6.45) is 0. The minimum Gasteiger partial charge on any atom is -0.478 e. The summed E-state index contributed by atoms with van der Waals surface area (Å²) in [5, 5.41) is 16.0. The van der Waals surface area contributed by atoms with Gasteiger partial charge in [-0.25, -0.2) is 4.79 Å². The minimum absolute atomic E-state index is 0. The molecule has 0 spiro atoms. The molecular formula is C9H12ClN3O2. The van der Waals surface area contributed by atoms with E-state index in [1.54, 1.807) is 12.1 Å². The van der Waals surface area contributed by atoms with Gasteiger partial charge in [0.15, 0.2) is 0 Å². The second kappa shape index (κ2) is 5.33. The predicted molar refractivity (Wildman–Crippen MR) is 59.6 cm³/mol. The van der Waals surface area contributed by atoms with E-state index in [-0.39, 0.29) is 30.4 Å². The summed E-state index contributed by atoms with van der Waals surface area (Å²) < 4.78 is 0. The van der Waals surface area contributed by atoms with Gasteiger partial charge in [-0.05, 0) is 11.6 Å². The molecule has 0 radical (unpaired) electrons. The molecule has 6 N–H and O–H groups in total. The maximum atomic E-state index is 10.8. The largest absolute Gasteiger partial charge is 0.478 e. The molecule has 5 nitrogen and oxygen atoms in total. The monoisotopic (exact) mass is 229 g/mol. The molecule has 0 aromatic heterocycles. The zero-order chi connectivity index (χ0) is 10.7. The zero-order valence-corrected chi connectivity index (χ0v) is 8.67. The number of aromatic carboxylic acids is 1. The topological polar surface area (TPSA) is 113 Å². The van der Waals surface area contributed by atoms with E-state index in [0.717, 1.165) is 0 Å². The van der Waals surface area contributed by atoms with E-state index < -0.39 is 5.97 Å². The van der Waals surface area contributed by atoms with Crippen molar-refractivity contribution in [2.75, 3.05) is 0 Å². The third-order valence-corrected chi connectivity index (χ3v) is 1.87. The Hall–Kier alpha value is -1.59. The summed E-state index contributed by atoms with van der Waals surface area (Å²) in [5.41, 5.74) is 11.6. The van der Waals surface area contributed by atoms with Gasteiger partial charge in [0.25, 0.3) is 0 Å². The van der Waals surface area contributed by atoms with Crippen LogP contribution in [0.5, 0.6) is 0 Å². The molecule has 1 rings (SSSR count). The van der Waals surface area contributed by atoms with E-state index in [1.165, 1.54) is 6.07 Å². The molecular weight excluding hydrogens is 218 g/mol. The summed E-state index contributed by atoms with van der Waals surface area (Å²) in [4.78, 5) is 10.8. The van der Waals surface area contributed by atoms with Crippen molar-refractivity contribution in [3.05, 3.63) is 34.9 Å². The summed E-state index contributed by atoms with van der Waals surface area (Å²) in [6.45, 7) is 0.153. The van der Waals surface area contributed by atoms with Crippen molar-refractivity contribution in [1.29, 1.82) is 5.41 Å². The van der Waals surface area contributed by atoms with Crippen LogP contribution in [-0.2, 0) is 6.54 Å². The number of rotatable bonds is 3. The molecule has 0 aliphatic heterocycles. The molecule has 0 heterocycles. The summed E-state index contributed by atoms with van der Waals surface area (Å²) in [6, 6.07) is 4.50. The summed E-state index contributed by atoms with van der Waals surface area (Å²) in [7, 11) is 0. The predicted octanol–water partition coefficient (Wildman–Crippen LogP) is 0.549. The molecule has 6 heteroatoms. The van der Waals surface area contributed by atoms with E-state index in [9.17, 15) is 4.79 Å². The maximum absolute atomic E-state index is 10.8. The highest BCUT2D eigenvalue weighted by atomic mass is 35.5. The molecule has 0 aliphatic rings. The van der Waals surface area contributed by atoms with Crippen molar-refractivity contribution >= 4 is 24.2 Å². The Labute approximate surface area is 93.0 Å². The van der Waals surface area contributed by atoms with Crippen molar-refractivity contribution in [2.24, 2.45) is 11.5 Å². The van der Waals surface area contributed by atoms with E-state index in [1.807, 2.05) is 0 Å². The van der Waals surface area contributed by atoms with Crippen LogP contribution < -0.4 is 11.5 Å². The number of benzene rings is 1. The molecule has 0 saturated carbocycles. The standard InChI is InChI=1S/C9H11N3O2.ClH/c10-4-6-2-1-5(8(11)12)3-7(6)9(13)14;/h1-3H,4,10H2,(H3,11,12)(H,13,14);1H. The summed E-state index contributed by atoms with van der Waals surface area (Å²) in [5.74, 6) is -1.22. The van der Waals surface area contributed by atoms with E-state index >= 15 is 0 Å². The lowest BCUT2D eigenvalue weighted by Crippen LogP contribution is -2.14. The Balaban J connectivity index is 0.00000196. The van der Waals surface area contributed by atoms with Crippen LogP contribution in [0.4, 0.5) is 0 Å². The van der Waals surface area contributed by atoms with Crippen LogP contribution in [0.2, 0.25) is 0 Å². The third kappa shape index (κ3) is 2.93. The first-order chi connectivity index (χ1) is 6.56. The Kier molecular flexibility index (Phi) is 4.77. The first-order valence-corrected chi connectivity index (χ1v) is 3.97. The average Bonchev–Trinajstić information content (AvgIpc) is 2.16. The van der Waals surface area contributed by atoms with Crippen molar-refractivity contribution in [3.63, 3.8) is 0 Å². The quantitative estimate of drug-likeness (QED) is 0.448. The van der Waals surface area contributed by atoms with Gasteiger partial charge >= 0.3 is 5.97 Å². The normalized spacial score (nSPS) is 9.13. The molecule has 1 aromatic rings. The van der Waals surface area contributed by atoms with Crippen molar-refractivity contribution in [2.45, 2.75) is 6.54 Å². The number of nitrogen functional groups attached to an aromatic ring is 1. The van der Waals surface area contributed by atoms with Crippen molar-refractivity contribution in [1.82, 2.24) is 0 Å². The number of carbonyl (C=O) groups is 1. The highest BCUT2D eigenvalue weighted by Crippen LogP contribution is 2.11. The summed E-state index contributed by atoms with van der Waals surface area (Å²) >= 11 is 0. The van der Waals surface area contributed by atoms with E-state index in [0.29, 0.717) is 11.1 Å². The number of halogens is 1. The first-order valence-electron chi connectivity index (χ1n) is 3.97. The third-order valence-electron chi connectivity index (χ3n) is 1.87. The molecule has 0 aliphatic carbocycles. The second-order valence-electron chi connectivity index (χ2n) is 2.79. The van der Waals surface area contributed by atoms with Gasteiger partial charge < -0.3 is 16.6 Å². The molecule has 1 aromatic carbocycles. The van der Waals surface area contributed by atoms with Gasteiger partial charge in [0.05, 0.1) is 5.56 Å². The van der Waals surface area contributed by atoms with Crippen LogP contribution in [0.15, 0.2) is 18.2 Å². The minimum atomic E-state index is -1.06. The lowest BCUT2D eigenvalue weighted by molar-refractivity contribution is 0.0695. The molecule has 15 heavy (non-hydrogen) atoms. The van der Waals surface area contributed by atoms with Crippen LogP contribution in [-0.4, -0.2) is 16.9 Å². The molecule has 82 valence electrons. The van der Waals surface area contributed by atoms with Crippen LogP contribution >= 0.6 is 12.4 Å². The van der Waals surface area contributed by atoms with Crippen molar-refractivity contribution in [3.8, 4) is 0 Å². The van der Waals surface area contributed by atoms with Gasteiger partial charge in [0, 0.05) is 12.1 Å². The first kappa shape index (κ1) is 13.4. The fourth-order valence-corrected chi connectivity index (χ4v) is 1.12. The second-order valence-corrected chi connectivity index (χ2v) is 2.79. The number of nitrogens with two attached hydrogens (primary N) is 2. The Morgan fingerprint density at radius 1 is 1.47 bits per heavy atom. The Morgan fingerprint density at radius 2 is 2.07 bits per heavy atom. The van der Waals surface area contributed by atoms with Gasteiger partial charge in [0.2, 0.25) is 0 Å². The van der Waals surface area contributed by atoms with Crippen LogP contribution in [0, 0.1) is 5.41 Å². The lowest BCUT2D eigenvalue weighted by atomic mass is 10.0. The number of carboxylic acid groups (broad SMARTS) is 1. The van der Waals surface area contributed by atoms with E-state index in [4.69, 9.17) is 22.0 Å². The van der Waals surface area contributed by atoms with Gasteiger partial charge in [-0.3, -0.25) is 5.41 Å². The highest BCUT2D eigenvalue weighted by Gasteiger charge is 2.10. The molecule has 0 saturated heterocycles. The van der Waals surface area contributed by atoms with Crippen LogP contribution in [0.1, 0.15) is 21.5 Å².